The van der Waals surface area contributed by atoms with E-state index >= 15 is 0 Å². The Kier molecular flexibility index (Phi) is 6.76. The van der Waals surface area contributed by atoms with Gasteiger partial charge in [-0.05, 0) is 43.9 Å². The zero-order chi connectivity index (χ0) is 15.5. The van der Waals surface area contributed by atoms with Crippen LogP contribution in [0.25, 0.3) is 0 Å². The molecule has 1 atom stereocenters. The summed E-state index contributed by atoms with van der Waals surface area (Å²) >= 11 is 0. The lowest BCUT2D eigenvalue weighted by molar-refractivity contribution is 0.313. The van der Waals surface area contributed by atoms with E-state index in [9.17, 15) is 0 Å². The fraction of sp³-hybridized carbons (Fsp3) is 0.706. The summed E-state index contributed by atoms with van der Waals surface area (Å²) in [5, 5.41) is 3.56. The van der Waals surface area contributed by atoms with Crippen molar-refractivity contribution in [2.24, 2.45) is 18.0 Å². The predicted octanol–water partition coefficient (Wildman–Crippen LogP) is 2.13. The highest BCUT2D eigenvalue weighted by molar-refractivity contribution is 14.0. The standard InChI is InChI=1S/C17H29N5.HI/c1-18-17(21(3)13-16-5-4-9-20(16)2)19-11-14-8-10-22(12-14)15-6-7-15;/h4-5,9,14-15H,6-8,10-13H2,1-3H3,(H,18,19);1H. The van der Waals surface area contributed by atoms with Crippen LogP contribution in [0.2, 0.25) is 0 Å². The average Bonchev–Trinajstić information content (AvgIpc) is 3.13. The van der Waals surface area contributed by atoms with Gasteiger partial charge in [0.1, 0.15) is 0 Å². The van der Waals surface area contributed by atoms with Crippen LogP contribution < -0.4 is 5.32 Å². The van der Waals surface area contributed by atoms with Crippen molar-refractivity contribution >= 4 is 29.9 Å². The molecule has 2 aliphatic rings. The maximum atomic E-state index is 4.43. The zero-order valence-corrected chi connectivity index (χ0v) is 16.9. The number of halogens is 1. The van der Waals surface area contributed by atoms with Crippen molar-refractivity contribution in [1.29, 1.82) is 0 Å². The predicted molar refractivity (Wildman–Crippen MR) is 106 cm³/mol. The fourth-order valence-corrected chi connectivity index (χ4v) is 3.40. The minimum Gasteiger partial charge on any atom is -0.356 e. The topological polar surface area (TPSA) is 35.8 Å². The third-order valence-corrected chi connectivity index (χ3v) is 4.95. The lowest BCUT2D eigenvalue weighted by atomic mass is 10.1. The van der Waals surface area contributed by atoms with Gasteiger partial charge in [0.05, 0.1) is 6.54 Å². The van der Waals surface area contributed by atoms with Gasteiger partial charge in [-0.2, -0.15) is 0 Å². The van der Waals surface area contributed by atoms with Crippen molar-refractivity contribution in [1.82, 2.24) is 19.7 Å². The maximum absolute atomic E-state index is 4.43. The maximum Gasteiger partial charge on any atom is 0.193 e. The second-order valence-electron chi connectivity index (χ2n) is 6.78. The number of hydrogen-bond donors (Lipinski definition) is 1. The number of nitrogens with one attached hydrogen (secondary N) is 1. The molecule has 0 spiro atoms. The molecule has 1 aromatic heterocycles. The molecule has 3 rings (SSSR count). The molecule has 130 valence electrons. The van der Waals surface area contributed by atoms with Gasteiger partial charge in [0.25, 0.3) is 0 Å². The van der Waals surface area contributed by atoms with Crippen molar-refractivity contribution in [3.05, 3.63) is 24.0 Å². The van der Waals surface area contributed by atoms with E-state index in [4.69, 9.17) is 0 Å². The van der Waals surface area contributed by atoms with Gasteiger partial charge in [-0.1, -0.05) is 0 Å². The van der Waals surface area contributed by atoms with Crippen LogP contribution >= 0.6 is 24.0 Å². The Morgan fingerprint density at radius 3 is 2.78 bits per heavy atom. The third kappa shape index (κ3) is 4.86. The van der Waals surface area contributed by atoms with Crippen LogP contribution in [-0.4, -0.2) is 60.1 Å². The van der Waals surface area contributed by atoms with E-state index in [0.717, 1.165) is 31.0 Å². The van der Waals surface area contributed by atoms with Gasteiger partial charge in [0, 0.05) is 52.2 Å². The summed E-state index contributed by atoms with van der Waals surface area (Å²) in [6.07, 6.45) is 6.24. The Morgan fingerprint density at radius 1 is 1.39 bits per heavy atom. The quantitative estimate of drug-likeness (QED) is 0.441. The number of aliphatic imine (C=N–C) groups is 1. The number of nitrogens with zero attached hydrogens (tertiary/aromatic N) is 4. The molecule has 1 aliphatic heterocycles. The summed E-state index contributed by atoms with van der Waals surface area (Å²) in [6, 6.07) is 5.16. The molecule has 1 N–H and O–H groups in total. The van der Waals surface area contributed by atoms with Gasteiger partial charge in [-0.3, -0.25) is 4.99 Å². The highest BCUT2D eigenvalue weighted by Gasteiger charge is 2.34. The summed E-state index contributed by atoms with van der Waals surface area (Å²) in [5.74, 6) is 1.76. The van der Waals surface area contributed by atoms with Crippen LogP contribution in [0.15, 0.2) is 23.3 Å². The molecule has 5 nitrogen and oxygen atoms in total. The molecule has 1 unspecified atom stereocenters. The van der Waals surface area contributed by atoms with Crippen LogP contribution in [0.5, 0.6) is 0 Å². The first-order chi connectivity index (χ1) is 10.7. The first-order valence-corrected chi connectivity index (χ1v) is 8.43. The van der Waals surface area contributed by atoms with E-state index in [1.807, 2.05) is 7.05 Å². The second-order valence-corrected chi connectivity index (χ2v) is 6.78. The number of aromatic nitrogens is 1. The molecule has 0 radical (unpaired) electrons. The molecule has 1 aromatic rings. The molecule has 1 aliphatic carbocycles. The number of likely N-dealkylation sites (tertiary alicyclic amines) is 1. The molecule has 0 aromatic carbocycles. The van der Waals surface area contributed by atoms with Gasteiger partial charge in [-0.15, -0.1) is 24.0 Å². The van der Waals surface area contributed by atoms with Crippen molar-refractivity contribution in [2.75, 3.05) is 33.7 Å². The first-order valence-electron chi connectivity index (χ1n) is 8.43. The lowest BCUT2D eigenvalue weighted by Crippen LogP contribution is -2.41. The summed E-state index contributed by atoms with van der Waals surface area (Å²) in [5.41, 5.74) is 1.30. The van der Waals surface area contributed by atoms with Crippen LogP contribution in [0, 0.1) is 5.92 Å². The van der Waals surface area contributed by atoms with E-state index in [1.54, 1.807) is 0 Å². The van der Waals surface area contributed by atoms with Gasteiger partial charge < -0.3 is 19.7 Å². The van der Waals surface area contributed by atoms with E-state index in [0.29, 0.717) is 0 Å². The van der Waals surface area contributed by atoms with Crippen molar-refractivity contribution in [2.45, 2.75) is 31.8 Å². The van der Waals surface area contributed by atoms with E-state index in [1.165, 1.54) is 38.0 Å². The molecule has 2 fully saturated rings. The SMILES string of the molecule is CN=C(NCC1CCN(C2CC2)C1)N(C)Cc1cccn1C.I. The highest BCUT2D eigenvalue weighted by Crippen LogP contribution is 2.31. The smallest absolute Gasteiger partial charge is 0.193 e. The molecule has 23 heavy (non-hydrogen) atoms. The number of guanidine groups is 1. The van der Waals surface area contributed by atoms with Crippen LogP contribution in [-0.2, 0) is 13.6 Å². The Hall–Kier alpha value is -0.760. The monoisotopic (exact) mass is 431 g/mol. The Morgan fingerprint density at radius 2 is 2.17 bits per heavy atom. The first kappa shape index (κ1) is 18.6. The number of rotatable bonds is 5. The van der Waals surface area contributed by atoms with E-state index in [-0.39, 0.29) is 24.0 Å². The lowest BCUT2D eigenvalue weighted by Gasteiger charge is -2.24. The third-order valence-electron chi connectivity index (χ3n) is 4.95. The van der Waals surface area contributed by atoms with Crippen molar-refractivity contribution in [3.8, 4) is 0 Å². The number of aryl methyl sites for hydroxylation is 1. The molecular formula is C17H30IN5. The summed E-state index contributed by atoms with van der Waals surface area (Å²) in [4.78, 5) is 9.30. The molecule has 6 heteroatoms. The number of hydrogen-bond acceptors (Lipinski definition) is 2. The molecule has 2 heterocycles. The molecule has 0 bridgehead atoms. The Labute approximate surface area is 157 Å². The van der Waals surface area contributed by atoms with Gasteiger partial charge in [0.2, 0.25) is 0 Å². The molecule has 0 amide bonds. The van der Waals surface area contributed by atoms with Crippen LogP contribution in [0.1, 0.15) is 25.0 Å². The highest BCUT2D eigenvalue weighted by atomic mass is 127. The largest absolute Gasteiger partial charge is 0.356 e. The minimum absolute atomic E-state index is 0. The normalized spacial score (nSPS) is 22.0. The summed E-state index contributed by atoms with van der Waals surface area (Å²) in [7, 11) is 6.06. The Bertz CT molecular complexity index is 523. The van der Waals surface area contributed by atoms with Gasteiger partial charge in [0.15, 0.2) is 5.96 Å². The van der Waals surface area contributed by atoms with E-state index in [2.05, 4.69) is 57.1 Å². The van der Waals surface area contributed by atoms with E-state index < -0.39 is 0 Å². The summed E-state index contributed by atoms with van der Waals surface area (Å²) in [6.45, 7) is 4.46. The molecular weight excluding hydrogens is 401 g/mol. The second kappa shape index (κ2) is 8.37. The summed E-state index contributed by atoms with van der Waals surface area (Å²) < 4.78 is 2.16. The van der Waals surface area contributed by atoms with Crippen LogP contribution in [0.3, 0.4) is 0 Å². The minimum atomic E-state index is 0. The van der Waals surface area contributed by atoms with Gasteiger partial charge >= 0.3 is 0 Å². The van der Waals surface area contributed by atoms with Crippen molar-refractivity contribution in [3.63, 3.8) is 0 Å². The molecule has 1 saturated carbocycles. The Balaban J connectivity index is 0.00000192. The van der Waals surface area contributed by atoms with Crippen LogP contribution in [0.4, 0.5) is 0 Å². The molecule has 1 saturated heterocycles. The van der Waals surface area contributed by atoms with Crippen molar-refractivity contribution < 1.29 is 0 Å². The zero-order valence-electron chi connectivity index (χ0n) is 14.5. The van der Waals surface area contributed by atoms with Gasteiger partial charge in [-0.25, -0.2) is 0 Å². The fourth-order valence-electron chi connectivity index (χ4n) is 3.40. The average molecular weight is 431 g/mol.